The molecule has 1 atom stereocenters. The molecule has 6 heteroatoms. The molecule has 0 amide bonds. The van der Waals surface area contributed by atoms with Crippen molar-refractivity contribution >= 4 is 0 Å². The highest BCUT2D eigenvalue weighted by Gasteiger charge is 2.36. The number of rotatable bonds is 2. The molecule has 19 heavy (non-hydrogen) atoms. The topological polar surface area (TPSA) is 36.3 Å². The number of benzene rings is 1. The van der Waals surface area contributed by atoms with Crippen molar-refractivity contribution in [3.63, 3.8) is 0 Å². The Morgan fingerprint density at radius 1 is 1.37 bits per heavy atom. The number of hydrogen-bond donors (Lipinski definition) is 0. The summed E-state index contributed by atoms with van der Waals surface area (Å²) in [5, 5.41) is 8.65. The van der Waals surface area contributed by atoms with Crippen molar-refractivity contribution in [2.24, 2.45) is 0 Å². The molecule has 102 valence electrons. The van der Waals surface area contributed by atoms with Crippen LogP contribution in [0.1, 0.15) is 17.2 Å². The first-order valence-electron chi connectivity index (χ1n) is 5.89. The quantitative estimate of drug-likeness (QED) is 0.775. The maximum absolute atomic E-state index is 12.9. The van der Waals surface area contributed by atoms with E-state index >= 15 is 0 Å². The minimum Gasteiger partial charge on any atom is -0.371 e. The van der Waals surface area contributed by atoms with E-state index < -0.39 is 17.8 Å². The highest BCUT2D eigenvalue weighted by atomic mass is 19.4. The van der Waals surface area contributed by atoms with E-state index in [1.807, 2.05) is 6.07 Å². The first kappa shape index (κ1) is 13.8. The highest BCUT2D eigenvalue weighted by Crippen LogP contribution is 2.36. The molecule has 0 spiro atoms. The van der Waals surface area contributed by atoms with Gasteiger partial charge in [0.05, 0.1) is 30.9 Å². The van der Waals surface area contributed by atoms with Gasteiger partial charge in [-0.25, -0.2) is 0 Å². The lowest BCUT2D eigenvalue weighted by Gasteiger charge is -2.32. The molecule has 1 fully saturated rings. The highest BCUT2D eigenvalue weighted by molar-refractivity contribution is 5.32. The minimum atomic E-state index is -4.39. The van der Waals surface area contributed by atoms with Crippen LogP contribution in [0, 0.1) is 11.3 Å². The minimum absolute atomic E-state index is 0.137. The van der Waals surface area contributed by atoms with Gasteiger partial charge in [0, 0.05) is 13.1 Å². The number of nitrogens with zero attached hydrogens (tertiary/aromatic N) is 2. The first-order valence-corrected chi connectivity index (χ1v) is 5.89. The molecule has 3 nitrogen and oxygen atoms in total. The second-order valence-electron chi connectivity index (χ2n) is 4.34. The van der Waals surface area contributed by atoms with E-state index in [4.69, 9.17) is 10.00 Å². The molecule has 1 unspecified atom stereocenters. The normalized spacial score (nSPS) is 21.1. The number of ether oxygens (including phenoxy) is 1. The fraction of sp³-hybridized carbons (Fsp3) is 0.462. The summed E-state index contributed by atoms with van der Waals surface area (Å²) in [7, 11) is 0. The van der Waals surface area contributed by atoms with Crippen LogP contribution < -0.4 is 0 Å². The van der Waals surface area contributed by atoms with Gasteiger partial charge in [0.25, 0.3) is 0 Å². The number of nitriles is 1. The predicted octanol–water partition coefficient (Wildman–Crippen LogP) is 2.60. The molecular weight excluding hydrogens is 257 g/mol. The van der Waals surface area contributed by atoms with Crippen molar-refractivity contribution in [2.75, 3.05) is 26.2 Å². The van der Waals surface area contributed by atoms with Gasteiger partial charge < -0.3 is 4.74 Å². The van der Waals surface area contributed by atoms with Crippen molar-refractivity contribution in [2.45, 2.75) is 12.3 Å². The molecule has 0 aromatic heterocycles. The lowest BCUT2D eigenvalue weighted by Crippen LogP contribution is -2.39. The Bertz CT molecular complexity index is 482. The monoisotopic (exact) mass is 270 g/mol. The standard InChI is InChI=1S/C13H13F3N2O/c14-13(15,16)11-4-2-1-3-10(11)12-9-18(6-5-17)7-8-19-12/h1-4,12H,6-9H2. The zero-order valence-corrected chi connectivity index (χ0v) is 10.2. The number of halogens is 3. The van der Waals surface area contributed by atoms with E-state index in [1.54, 1.807) is 11.0 Å². The maximum atomic E-state index is 12.9. The Morgan fingerprint density at radius 3 is 2.79 bits per heavy atom. The summed E-state index contributed by atoms with van der Waals surface area (Å²) in [5.74, 6) is 0. The van der Waals surface area contributed by atoms with Gasteiger partial charge in [-0.15, -0.1) is 0 Å². The van der Waals surface area contributed by atoms with Crippen LogP contribution in [0.3, 0.4) is 0 Å². The predicted molar refractivity (Wildman–Crippen MR) is 62.2 cm³/mol. The second-order valence-corrected chi connectivity index (χ2v) is 4.34. The molecule has 0 aliphatic carbocycles. The zero-order chi connectivity index (χ0) is 13.9. The SMILES string of the molecule is N#CCN1CCOC(c2ccccc2C(F)(F)F)C1. The average molecular weight is 270 g/mol. The first-order chi connectivity index (χ1) is 9.02. The summed E-state index contributed by atoms with van der Waals surface area (Å²) in [4.78, 5) is 1.79. The van der Waals surface area contributed by atoms with E-state index in [0.29, 0.717) is 19.7 Å². The van der Waals surface area contributed by atoms with Crippen LogP contribution in [0.2, 0.25) is 0 Å². The van der Waals surface area contributed by atoms with Crippen LogP contribution in [0.4, 0.5) is 13.2 Å². The zero-order valence-electron chi connectivity index (χ0n) is 10.2. The molecule has 0 bridgehead atoms. The fourth-order valence-corrected chi connectivity index (χ4v) is 2.17. The van der Waals surface area contributed by atoms with Crippen molar-refractivity contribution in [1.82, 2.24) is 4.90 Å². The van der Waals surface area contributed by atoms with Gasteiger partial charge in [0.2, 0.25) is 0 Å². The van der Waals surface area contributed by atoms with Gasteiger partial charge in [-0.2, -0.15) is 18.4 Å². The molecule has 1 heterocycles. The summed E-state index contributed by atoms with van der Waals surface area (Å²) in [5.41, 5.74) is -0.531. The van der Waals surface area contributed by atoms with Crippen molar-refractivity contribution in [3.05, 3.63) is 35.4 Å². The molecule has 1 aromatic rings. The van der Waals surface area contributed by atoms with Crippen molar-refractivity contribution in [3.8, 4) is 6.07 Å². The van der Waals surface area contributed by atoms with E-state index in [9.17, 15) is 13.2 Å². The summed E-state index contributed by atoms with van der Waals surface area (Å²) >= 11 is 0. The largest absolute Gasteiger partial charge is 0.416 e. The Hall–Kier alpha value is -1.58. The third kappa shape index (κ3) is 3.25. The van der Waals surface area contributed by atoms with Crippen LogP contribution in [0.15, 0.2) is 24.3 Å². The lowest BCUT2D eigenvalue weighted by molar-refractivity contribution is -0.140. The van der Waals surface area contributed by atoms with Crippen LogP contribution in [-0.4, -0.2) is 31.1 Å². The van der Waals surface area contributed by atoms with Gasteiger partial charge in [0.1, 0.15) is 0 Å². The molecule has 1 saturated heterocycles. The summed E-state index contributed by atoms with van der Waals surface area (Å²) in [6.07, 6.45) is -5.03. The molecule has 0 N–H and O–H groups in total. The molecule has 2 rings (SSSR count). The Kier molecular flexibility index (Phi) is 4.08. The van der Waals surface area contributed by atoms with E-state index in [-0.39, 0.29) is 12.1 Å². The smallest absolute Gasteiger partial charge is 0.371 e. The van der Waals surface area contributed by atoms with E-state index in [1.165, 1.54) is 12.1 Å². The average Bonchev–Trinajstić information content (AvgIpc) is 2.38. The van der Waals surface area contributed by atoms with Crippen LogP contribution in [0.5, 0.6) is 0 Å². The van der Waals surface area contributed by atoms with Gasteiger partial charge in [0.15, 0.2) is 0 Å². The third-order valence-electron chi connectivity index (χ3n) is 3.06. The molecule has 1 aromatic carbocycles. The second kappa shape index (κ2) is 5.59. The van der Waals surface area contributed by atoms with Crippen LogP contribution in [0.25, 0.3) is 0 Å². The molecule has 0 saturated carbocycles. The molecule has 1 aliphatic rings. The summed E-state index contributed by atoms with van der Waals surface area (Å²) in [6, 6.07) is 7.42. The van der Waals surface area contributed by atoms with Gasteiger partial charge >= 0.3 is 6.18 Å². The fourth-order valence-electron chi connectivity index (χ4n) is 2.17. The van der Waals surface area contributed by atoms with Gasteiger partial charge in [-0.1, -0.05) is 18.2 Å². The van der Waals surface area contributed by atoms with Crippen LogP contribution in [-0.2, 0) is 10.9 Å². The Balaban J connectivity index is 2.24. The number of hydrogen-bond acceptors (Lipinski definition) is 3. The van der Waals surface area contributed by atoms with Crippen molar-refractivity contribution < 1.29 is 17.9 Å². The summed E-state index contributed by atoms with van der Waals surface area (Å²) < 4.78 is 44.2. The third-order valence-corrected chi connectivity index (χ3v) is 3.06. The molecular formula is C13H13F3N2O. The number of alkyl halides is 3. The van der Waals surface area contributed by atoms with E-state index in [2.05, 4.69) is 0 Å². The lowest BCUT2D eigenvalue weighted by atomic mass is 10.0. The maximum Gasteiger partial charge on any atom is 0.416 e. The Morgan fingerprint density at radius 2 is 2.11 bits per heavy atom. The van der Waals surface area contributed by atoms with E-state index in [0.717, 1.165) is 6.07 Å². The van der Waals surface area contributed by atoms with Gasteiger partial charge in [-0.05, 0) is 11.6 Å². The molecule has 0 radical (unpaired) electrons. The van der Waals surface area contributed by atoms with Crippen LogP contribution >= 0.6 is 0 Å². The van der Waals surface area contributed by atoms with Crippen molar-refractivity contribution in [1.29, 1.82) is 5.26 Å². The Labute approximate surface area is 109 Å². The number of morpholine rings is 1. The molecule has 1 aliphatic heterocycles. The summed E-state index contributed by atoms with van der Waals surface area (Å²) in [6.45, 7) is 1.41. The van der Waals surface area contributed by atoms with Gasteiger partial charge in [-0.3, -0.25) is 4.90 Å².